The molecule has 118 valence electrons. The van der Waals surface area contributed by atoms with Crippen molar-refractivity contribution >= 4 is 22.0 Å². The second kappa shape index (κ2) is 7.27. The molecule has 0 spiro atoms. The lowest BCUT2D eigenvalue weighted by Gasteiger charge is -2.33. The van der Waals surface area contributed by atoms with Crippen molar-refractivity contribution in [1.82, 2.24) is 10.2 Å². The lowest BCUT2D eigenvalue weighted by molar-refractivity contribution is -0.436. The molecule has 0 bridgehead atoms. The van der Waals surface area contributed by atoms with Crippen LogP contribution in [0.1, 0.15) is 6.42 Å². The van der Waals surface area contributed by atoms with Gasteiger partial charge >= 0.3 is 11.9 Å². The number of primary amides is 1. The molecule has 1 atom stereocenters. The molecule has 3 N–H and O–H groups in total. The first-order valence-corrected chi connectivity index (χ1v) is 6.82. The Morgan fingerprint density at radius 3 is 2.86 bits per heavy atom. The van der Waals surface area contributed by atoms with Gasteiger partial charge in [-0.25, -0.2) is 10.1 Å². The van der Waals surface area contributed by atoms with Gasteiger partial charge < -0.3 is 25.3 Å². The number of nitrogens with two attached hydrogens (primary N) is 1. The van der Waals surface area contributed by atoms with E-state index in [2.05, 4.69) is 26.0 Å². The van der Waals surface area contributed by atoms with Gasteiger partial charge in [-0.05, 0) is 46.5 Å². The second-order valence-corrected chi connectivity index (χ2v) is 5.46. The molecule has 21 heavy (non-hydrogen) atoms. The van der Waals surface area contributed by atoms with Gasteiger partial charge in [-0.2, -0.15) is 0 Å². The molecule has 1 amide bonds. The van der Waals surface area contributed by atoms with Gasteiger partial charge in [0.25, 0.3) is 0 Å². The molecule has 0 fully saturated rings. The zero-order valence-corrected chi connectivity index (χ0v) is 13.3. The molecule has 1 aliphatic heterocycles. The first kappa shape index (κ1) is 17.2. The van der Waals surface area contributed by atoms with E-state index in [0.717, 1.165) is 0 Å². The SMILES string of the molecule is COC1=C([N+](=O)[O-])NC(Br)(N(C)CCCOC(N)=O)C=C1. The maximum Gasteiger partial charge on any atom is 0.404 e. The van der Waals surface area contributed by atoms with Crippen LogP contribution in [-0.4, -0.2) is 47.8 Å². The fraction of sp³-hybridized carbons (Fsp3) is 0.545. The van der Waals surface area contributed by atoms with Crippen LogP contribution < -0.4 is 11.1 Å². The van der Waals surface area contributed by atoms with Crippen LogP contribution in [0.4, 0.5) is 4.79 Å². The first-order chi connectivity index (χ1) is 9.80. The summed E-state index contributed by atoms with van der Waals surface area (Å²) in [6, 6.07) is 0. The average Bonchev–Trinajstić information content (AvgIpc) is 2.43. The van der Waals surface area contributed by atoms with E-state index in [-0.39, 0.29) is 18.2 Å². The number of dihydropyridines is 1. The summed E-state index contributed by atoms with van der Waals surface area (Å²) in [6.07, 6.45) is 2.90. The molecule has 0 saturated heterocycles. The fourth-order valence-electron chi connectivity index (χ4n) is 1.69. The number of nitrogens with one attached hydrogen (secondary N) is 1. The van der Waals surface area contributed by atoms with Gasteiger partial charge in [-0.1, -0.05) is 0 Å². The number of carbonyl (C=O) groups excluding carboxylic acids is 1. The molecular formula is C11H17BrN4O5. The van der Waals surface area contributed by atoms with E-state index in [4.69, 9.17) is 10.5 Å². The van der Waals surface area contributed by atoms with Crippen molar-refractivity contribution in [2.75, 3.05) is 27.3 Å². The number of rotatable bonds is 7. The summed E-state index contributed by atoms with van der Waals surface area (Å²) in [7, 11) is 3.11. The van der Waals surface area contributed by atoms with Crippen LogP contribution in [0, 0.1) is 10.1 Å². The maximum absolute atomic E-state index is 11.0. The molecule has 0 aromatic carbocycles. The Bertz CT molecular complexity index is 481. The average molecular weight is 365 g/mol. The molecule has 0 radical (unpaired) electrons. The number of nitrogens with zero attached hydrogens (tertiary/aromatic N) is 2. The van der Waals surface area contributed by atoms with Crippen LogP contribution in [0.5, 0.6) is 0 Å². The summed E-state index contributed by atoms with van der Waals surface area (Å²) >= 11 is 3.41. The summed E-state index contributed by atoms with van der Waals surface area (Å²) < 4.78 is 8.64. The van der Waals surface area contributed by atoms with Gasteiger partial charge in [0, 0.05) is 6.54 Å². The van der Waals surface area contributed by atoms with Gasteiger partial charge in [0.15, 0.2) is 0 Å². The van der Waals surface area contributed by atoms with E-state index in [1.807, 2.05) is 0 Å². The summed E-state index contributed by atoms with van der Waals surface area (Å²) in [5, 5.41) is 13.8. The molecule has 9 nitrogen and oxygen atoms in total. The Balaban J connectivity index is 2.66. The van der Waals surface area contributed by atoms with E-state index in [9.17, 15) is 14.9 Å². The highest BCUT2D eigenvalue weighted by Gasteiger charge is 2.40. The quantitative estimate of drug-likeness (QED) is 0.224. The predicted molar refractivity (Wildman–Crippen MR) is 77.7 cm³/mol. The van der Waals surface area contributed by atoms with E-state index >= 15 is 0 Å². The topological polar surface area (TPSA) is 120 Å². The minimum absolute atomic E-state index is 0.139. The standard InChI is InChI=1S/C11H17BrN4O5/c1-15(6-3-7-21-10(13)17)11(12)5-4-8(20-2)9(14-11)16(18)19/h4-5,14H,3,6-7H2,1-2H3,(H2,13,17). The van der Waals surface area contributed by atoms with Gasteiger partial charge in [-0.3, -0.25) is 4.90 Å². The Morgan fingerprint density at radius 1 is 1.67 bits per heavy atom. The Morgan fingerprint density at radius 2 is 2.33 bits per heavy atom. The number of alkyl halides is 1. The highest BCUT2D eigenvalue weighted by molar-refractivity contribution is 9.10. The van der Waals surface area contributed by atoms with E-state index in [0.29, 0.717) is 13.0 Å². The van der Waals surface area contributed by atoms with Gasteiger partial charge in [0.2, 0.25) is 10.3 Å². The van der Waals surface area contributed by atoms with Crippen LogP contribution in [0.25, 0.3) is 0 Å². The highest BCUT2D eigenvalue weighted by Crippen LogP contribution is 2.28. The van der Waals surface area contributed by atoms with Crippen LogP contribution in [0.2, 0.25) is 0 Å². The third-order valence-corrected chi connectivity index (χ3v) is 3.89. The number of hydrogen-bond donors (Lipinski definition) is 2. The molecule has 1 unspecified atom stereocenters. The van der Waals surface area contributed by atoms with Crippen molar-refractivity contribution in [1.29, 1.82) is 0 Å². The lowest BCUT2D eigenvalue weighted by atomic mass is 10.2. The van der Waals surface area contributed by atoms with E-state index in [1.165, 1.54) is 13.2 Å². The molecule has 10 heteroatoms. The molecule has 0 aliphatic carbocycles. The Kier molecular flexibility index (Phi) is 5.97. The third-order valence-electron chi connectivity index (χ3n) is 2.82. The first-order valence-electron chi connectivity index (χ1n) is 6.02. The minimum Gasteiger partial charge on any atom is -0.489 e. The smallest absolute Gasteiger partial charge is 0.404 e. The Labute approximate surface area is 130 Å². The maximum atomic E-state index is 11.0. The summed E-state index contributed by atoms with van der Waals surface area (Å²) in [5.41, 5.74) is 4.86. The number of carbonyl (C=O) groups is 1. The highest BCUT2D eigenvalue weighted by atomic mass is 79.9. The van der Waals surface area contributed by atoms with Crippen LogP contribution in [0.15, 0.2) is 23.7 Å². The molecule has 1 rings (SSSR count). The van der Waals surface area contributed by atoms with Crippen LogP contribution >= 0.6 is 15.9 Å². The largest absolute Gasteiger partial charge is 0.489 e. The lowest BCUT2D eigenvalue weighted by Crippen LogP contribution is -2.53. The van der Waals surface area contributed by atoms with Crippen LogP contribution in [-0.2, 0) is 9.47 Å². The number of halogens is 1. The molecule has 1 aliphatic rings. The van der Waals surface area contributed by atoms with Crippen molar-refractivity contribution in [2.24, 2.45) is 5.73 Å². The summed E-state index contributed by atoms with van der Waals surface area (Å²) in [4.78, 5) is 22.7. The summed E-state index contributed by atoms with van der Waals surface area (Å²) in [6.45, 7) is 0.677. The second-order valence-electron chi connectivity index (χ2n) is 4.25. The van der Waals surface area contributed by atoms with E-state index < -0.39 is 15.6 Å². The molecule has 0 aromatic rings. The van der Waals surface area contributed by atoms with Crippen molar-refractivity contribution in [3.8, 4) is 0 Å². The number of ether oxygens (including phenoxy) is 2. The zero-order chi connectivity index (χ0) is 16.0. The number of amides is 1. The molecule has 0 saturated carbocycles. The van der Waals surface area contributed by atoms with Gasteiger partial charge in [-0.15, -0.1) is 0 Å². The monoisotopic (exact) mass is 364 g/mol. The van der Waals surface area contributed by atoms with Crippen molar-refractivity contribution in [3.05, 3.63) is 33.8 Å². The number of nitro groups is 1. The van der Waals surface area contributed by atoms with Crippen LogP contribution in [0.3, 0.4) is 0 Å². The van der Waals surface area contributed by atoms with Crippen molar-refractivity contribution in [2.45, 2.75) is 11.0 Å². The Hall–Kier alpha value is -1.81. The van der Waals surface area contributed by atoms with Crippen molar-refractivity contribution < 1.29 is 19.2 Å². The molecule has 0 aromatic heterocycles. The molecule has 1 heterocycles. The van der Waals surface area contributed by atoms with E-state index in [1.54, 1.807) is 18.0 Å². The predicted octanol–water partition coefficient (Wildman–Crippen LogP) is 0.704. The number of hydrogen-bond acceptors (Lipinski definition) is 7. The normalized spacial score (nSPS) is 21.1. The number of methoxy groups -OCH3 is 1. The number of likely N-dealkylation sites (N-methyl/N-ethyl adjacent to an activating group) is 1. The van der Waals surface area contributed by atoms with Gasteiger partial charge in [0.1, 0.15) is 0 Å². The van der Waals surface area contributed by atoms with Crippen molar-refractivity contribution in [3.63, 3.8) is 0 Å². The molecular weight excluding hydrogens is 348 g/mol. The number of allylic oxidation sites excluding steroid dienone is 1. The zero-order valence-electron chi connectivity index (χ0n) is 11.7. The third kappa shape index (κ3) is 4.60. The van der Waals surface area contributed by atoms with Gasteiger partial charge in [0.05, 0.1) is 13.7 Å². The summed E-state index contributed by atoms with van der Waals surface area (Å²) in [5.74, 6) is -0.0994. The fourth-order valence-corrected chi connectivity index (χ4v) is 2.19. The minimum atomic E-state index is -0.926.